The Balaban J connectivity index is 1.77. The number of H-pyrrole nitrogens is 1. The van der Waals surface area contributed by atoms with E-state index >= 15 is 0 Å². The summed E-state index contributed by atoms with van der Waals surface area (Å²) in [7, 11) is -2.21. The molecule has 1 aromatic heterocycles. The van der Waals surface area contributed by atoms with Crippen molar-refractivity contribution in [1.82, 2.24) is 14.2 Å². The third kappa shape index (κ3) is 3.54. The number of hydrogen-bond donors (Lipinski definition) is 1. The Labute approximate surface area is 147 Å². The summed E-state index contributed by atoms with van der Waals surface area (Å²) in [5.41, 5.74) is 0.584. The minimum Gasteiger partial charge on any atom is -0.495 e. The van der Waals surface area contributed by atoms with Crippen molar-refractivity contribution in [3.8, 4) is 5.75 Å². The molecule has 0 radical (unpaired) electrons. The molecule has 8 heteroatoms. The molecule has 1 saturated heterocycles. The number of ether oxygens (including phenoxy) is 1. The van der Waals surface area contributed by atoms with Crippen LogP contribution in [0.15, 0.2) is 47.6 Å². The Morgan fingerprint density at radius 1 is 1.12 bits per heavy atom. The fourth-order valence-electron chi connectivity index (χ4n) is 2.95. The number of amides is 1. The van der Waals surface area contributed by atoms with E-state index < -0.39 is 10.0 Å². The van der Waals surface area contributed by atoms with Crippen molar-refractivity contribution in [1.29, 1.82) is 0 Å². The van der Waals surface area contributed by atoms with Gasteiger partial charge in [-0.15, -0.1) is 0 Å². The molecular weight excluding hydrogens is 342 g/mol. The van der Waals surface area contributed by atoms with Crippen molar-refractivity contribution < 1.29 is 17.9 Å². The molecule has 134 valence electrons. The minimum absolute atomic E-state index is 0.0854. The molecule has 25 heavy (non-hydrogen) atoms. The summed E-state index contributed by atoms with van der Waals surface area (Å²) in [6.07, 6.45) is 3.94. The Kier molecular flexibility index (Phi) is 5.10. The summed E-state index contributed by atoms with van der Waals surface area (Å²) in [6, 6.07) is 8.30. The smallest absolute Gasteiger partial charge is 0.255 e. The minimum atomic E-state index is -3.67. The monoisotopic (exact) mass is 363 g/mol. The molecule has 3 rings (SSSR count). The lowest BCUT2D eigenvalue weighted by Gasteiger charge is -2.22. The second-order valence-corrected chi connectivity index (χ2v) is 7.71. The first-order valence-corrected chi connectivity index (χ1v) is 9.53. The summed E-state index contributed by atoms with van der Waals surface area (Å²) in [4.78, 5) is 17.2. The first kappa shape index (κ1) is 17.5. The number of aromatic nitrogens is 1. The van der Waals surface area contributed by atoms with Gasteiger partial charge < -0.3 is 14.6 Å². The molecule has 1 fully saturated rings. The van der Waals surface area contributed by atoms with Crippen molar-refractivity contribution in [3.05, 3.63) is 48.3 Å². The second-order valence-electron chi connectivity index (χ2n) is 5.80. The van der Waals surface area contributed by atoms with E-state index in [2.05, 4.69) is 4.98 Å². The number of nitrogens with one attached hydrogen (secondary N) is 1. The highest BCUT2D eigenvalue weighted by Gasteiger charge is 2.30. The lowest BCUT2D eigenvalue weighted by Crippen LogP contribution is -2.37. The van der Waals surface area contributed by atoms with E-state index in [-0.39, 0.29) is 17.3 Å². The zero-order valence-electron chi connectivity index (χ0n) is 14.0. The Morgan fingerprint density at radius 3 is 2.64 bits per heavy atom. The zero-order chi connectivity index (χ0) is 17.9. The fraction of sp³-hybridized carbons (Fsp3) is 0.353. The van der Waals surface area contributed by atoms with Crippen molar-refractivity contribution in [3.63, 3.8) is 0 Å². The van der Waals surface area contributed by atoms with Crippen molar-refractivity contribution in [2.45, 2.75) is 11.3 Å². The maximum atomic E-state index is 13.0. The predicted octanol–water partition coefficient (Wildman–Crippen LogP) is 1.56. The van der Waals surface area contributed by atoms with Crippen LogP contribution in [-0.2, 0) is 10.0 Å². The number of para-hydroxylation sites is 1. The third-order valence-electron chi connectivity index (χ3n) is 4.27. The molecule has 2 heterocycles. The molecule has 0 unspecified atom stereocenters. The van der Waals surface area contributed by atoms with Crippen LogP contribution in [-0.4, -0.2) is 61.8 Å². The SMILES string of the molecule is COc1ccccc1S(=O)(=O)N1CCCN(C(=O)c2cc[nH]c2)CC1. The largest absolute Gasteiger partial charge is 0.495 e. The number of carbonyl (C=O) groups is 1. The lowest BCUT2D eigenvalue weighted by molar-refractivity contribution is 0.0764. The second kappa shape index (κ2) is 7.28. The molecule has 2 aromatic rings. The number of hydrogen-bond acceptors (Lipinski definition) is 4. The number of methoxy groups -OCH3 is 1. The maximum absolute atomic E-state index is 13.0. The van der Waals surface area contributed by atoms with Crippen molar-refractivity contribution in [2.75, 3.05) is 33.3 Å². The van der Waals surface area contributed by atoms with Crippen molar-refractivity contribution in [2.24, 2.45) is 0 Å². The van der Waals surface area contributed by atoms with E-state index in [4.69, 9.17) is 4.74 Å². The molecule has 0 spiro atoms. The molecule has 7 nitrogen and oxygen atoms in total. The molecule has 1 aromatic carbocycles. The zero-order valence-corrected chi connectivity index (χ0v) is 14.8. The van der Waals surface area contributed by atoms with Gasteiger partial charge in [0.15, 0.2) is 0 Å². The van der Waals surface area contributed by atoms with Gasteiger partial charge in [-0.25, -0.2) is 8.42 Å². The van der Waals surface area contributed by atoms with Crippen LogP contribution in [0.2, 0.25) is 0 Å². The van der Waals surface area contributed by atoms with Crippen LogP contribution >= 0.6 is 0 Å². The number of rotatable bonds is 4. The van der Waals surface area contributed by atoms with E-state index in [9.17, 15) is 13.2 Å². The molecule has 1 amide bonds. The van der Waals surface area contributed by atoms with Gasteiger partial charge in [0, 0.05) is 38.6 Å². The fourth-order valence-corrected chi connectivity index (χ4v) is 4.57. The quantitative estimate of drug-likeness (QED) is 0.894. The summed E-state index contributed by atoms with van der Waals surface area (Å²) in [5, 5.41) is 0. The van der Waals surface area contributed by atoms with Gasteiger partial charge >= 0.3 is 0 Å². The Hall–Kier alpha value is -2.32. The predicted molar refractivity (Wildman–Crippen MR) is 93.1 cm³/mol. The molecule has 0 bridgehead atoms. The van der Waals surface area contributed by atoms with Gasteiger partial charge in [0.05, 0.1) is 12.7 Å². The van der Waals surface area contributed by atoms with E-state index in [0.717, 1.165) is 0 Å². The number of carbonyl (C=O) groups excluding carboxylic acids is 1. The van der Waals surface area contributed by atoms with Gasteiger partial charge in [0.25, 0.3) is 5.91 Å². The number of benzene rings is 1. The normalized spacial score (nSPS) is 16.4. The Bertz CT molecular complexity index is 833. The van der Waals surface area contributed by atoms with Crippen LogP contribution in [0.25, 0.3) is 0 Å². The van der Waals surface area contributed by atoms with Gasteiger partial charge in [-0.2, -0.15) is 4.31 Å². The highest BCUT2D eigenvalue weighted by Crippen LogP contribution is 2.27. The molecule has 0 saturated carbocycles. The molecule has 1 aliphatic rings. The summed E-state index contributed by atoms with van der Waals surface area (Å²) < 4.78 is 32.5. The van der Waals surface area contributed by atoms with E-state index in [1.54, 1.807) is 47.6 Å². The van der Waals surface area contributed by atoms with Gasteiger partial charge in [-0.1, -0.05) is 12.1 Å². The van der Waals surface area contributed by atoms with E-state index in [1.807, 2.05) is 0 Å². The number of nitrogens with zero attached hydrogens (tertiary/aromatic N) is 2. The summed E-state index contributed by atoms with van der Waals surface area (Å²) in [6.45, 7) is 1.52. The summed E-state index contributed by atoms with van der Waals surface area (Å²) >= 11 is 0. The number of sulfonamides is 1. The number of aromatic amines is 1. The van der Waals surface area contributed by atoms with Crippen LogP contribution in [0.5, 0.6) is 5.75 Å². The molecule has 0 aliphatic carbocycles. The molecule has 0 atom stereocenters. The van der Waals surface area contributed by atoms with Crippen LogP contribution in [0.3, 0.4) is 0 Å². The highest BCUT2D eigenvalue weighted by molar-refractivity contribution is 7.89. The first-order chi connectivity index (χ1) is 12.0. The van der Waals surface area contributed by atoms with E-state index in [0.29, 0.717) is 37.4 Å². The summed E-state index contributed by atoms with van der Waals surface area (Å²) in [5.74, 6) is 0.241. The lowest BCUT2D eigenvalue weighted by atomic mass is 10.3. The molecule has 1 aliphatic heterocycles. The van der Waals surface area contributed by atoms with Gasteiger partial charge in [0.2, 0.25) is 10.0 Å². The van der Waals surface area contributed by atoms with Crippen LogP contribution in [0, 0.1) is 0 Å². The average molecular weight is 363 g/mol. The van der Waals surface area contributed by atoms with Gasteiger partial charge in [0.1, 0.15) is 10.6 Å². The topological polar surface area (TPSA) is 82.7 Å². The standard InChI is InChI=1S/C17H21N3O4S/c1-24-15-5-2-3-6-16(15)25(22,23)20-10-4-9-19(11-12-20)17(21)14-7-8-18-13-14/h2-3,5-8,13,18H,4,9-12H2,1H3. The van der Waals surface area contributed by atoms with Crippen molar-refractivity contribution >= 4 is 15.9 Å². The van der Waals surface area contributed by atoms with Crippen LogP contribution < -0.4 is 4.74 Å². The molecule has 1 N–H and O–H groups in total. The van der Waals surface area contributed by atoms with Gasteiger partial charge in [-0.05, 0) is 24.6 Å². The van der Waals surface area contributed by atoms with Gasteiger partial charge in [-0.3, -0.25) is 4.79 Å². The van der Waals surface area contributed by atoms with Crippen LogP contribution in [0.4, 0.5) is 0 Å². The maximum Gasteiger partial charge on any atom is 0.255 e. The van der Waals surface area contributed by atoms with Crippen LogP contribution in [0.1, 0.15) is 16.8 Å². The Morgan fingerprint density at radius 2 is 1.92 bits per heavy atom. The third-order valence-corrected chi connectivity index (χ3v) is 6.21. The molecular formula is C17H21N3O4S. The van der Waals surface area contributed by atoms with E-state index in [1.165, 1.54) is 11.4 Å². The first-order valence-electron chi connectivity index (χ1n) is 8.09. The highest BCUT2D eigenvalue weighted by atomic mass is 32.2. The average Bonchev–Trinajstić information content (AvgIpc) is 3.05.